The Morgan fingerprint density at radius 2 is 1.96 bits per heavy atom. The molecule has 0 saturated carbocycles. The molecule has 7 nitrogen and oxygen atoms in total. The number of aromatic amines is 1. The van der Waals surface area contributed by atoms with Gasteiger partial charge in [-0.05, 0) is 32.6 Å². The van der Waals surface area contributed by atoms with Gasteiger partial charge in [-0.3, -0.25) is 9.51 Å². The number of nitrogens with zero attached hydrogens (tertiary/aromatic N) is 4. The quantitative estimate of drug-likeness (QED) is 0.782. The van der Waals surface area contributed by atoms with Gasteiger partial charge in [0.15, 0.2) is 5.82 Å². The van der Waals surface area contributed by atoms with Crippen LogP contribution in [0.3, 0.4) is 0 Å². The van der Waals surface area contributed by atoms with Crippen molar-refractivity contribution >= 4 is 5.95 Å². The van der Waals surface area contributed by atoms with E-state index in [2.05, 4.69) is 26.5 Å². The van der Waals surface area contributed by atoms with Crippen LogP contribution >= 0.6 is 0 Å². The molecule has 3 heterocycles. The van der Waals surface area contributed by atoms with E-state index >= 15 is 0 Å². The molecule has 0 bridgehead atoms. The van der Waals surface area contributed by atoms with Crippen LogP contribution in [0.5, 0.6) is 0 Å². The summed E-state index contributed by atoms with van der Waals surface area (Å²) in [5.74, 6) is 0.736. The van der Waals surface area contributed by atoms with E-state index in [-0.39, 0.29) is 0 Å². The minimum atomic E-state index is -0.550. The highest BCUT2D eigenvalue weighted by Crippen LogP contribution is 2.34. The van der Waals surface area contributed by atoms with Crippen molar-refractivity contribution in [3.8, 4) is 22.6 Å². The van der Waals surface area contributed by atoms with Crippen LogP contribution in [0.4, 0.5) is 5.95 Å². The van der Waals surface area contributed by atoms with Crippen LogP contribution in [0.1, 0.15) is 31.0 Å². The molecule has 1 atom stereocenters. The third kappa shape index (κ3) is 2.42. The van der Waals surface area contributed by atoms with Crippen molar-refractivity contribution in [1.82, 2.24) is 20.1 Å². The Kier molecular flexibility index (Phi) is 3.41. The number of rotatable bonds is 3. The fraction of sp³-hybridized carbons (Fsp3) is 0.368. The number of hydrogen-bond donors (Lipinski definition) is 1. The van der Waals surface area contributed by atoms with Crippen LogP contribution in [-0.2, 0) is 12.8 Å². The highest BCUT2D eigenvalue weighted by molar-refractivity contribution is 5.69. The molecule has 132 valence electrons. The van der Waals surface area contributed by atoms with Crippen molar-refractivity contribution in [3.63, 3.8) is 0 Å². The van der Waals surface area contributed by atoms with Gasteiger partial charge in [-0.2, -0.15) is 0 Å². The third-order valence-electron chi connectivity index (χ3n) is 5.37. The Hall–Kier alpha value is -2.96. The normalized spacial score (nSPS) is 18.7. The fourth-order valence-electron chi connectivity index (χ4n) is 3.74. The molecule has 1 saturated heterocycles. The van der Waals surface area contributed by atoms with Crippen molar-refractivity contribution in [2.45, 2.75) is 38.6 Å². The number of fused-ring (bicyclic) bond motifs is 1. The zero-order valence-corrected chi connectivity index (χ0v) is 14.5. The molecule has 1 aliphatic heterocycles. The van der Waals surface area contributed by atoms with Gasteiger partial charge < -0.3 is 4.90 Å². The predicted molar refractivity (Wildman–Crippen MR) is 97.0 cm³/mol. The van der Waals surface area contributed by atoms with Gasteiger partial charge in [-0.1, -0.05) is 29.4 Å². The van der Waals surface area contributed by atoms with Crippen LogP contribution in [0.2, 0.25) is 0 Å². The Balaban J connectivity index is 1.56. The smallest absolute Gasteiger partial charge is 0.338 e. The second-order valence-corrected chi connectivity index (χ2v) is 7.00. The number of H-pyrrole nitrogens is 1. The van der Waals surface area contributed by atoms with Crippen molar-refractivity contribution in [2.24, 2.45) is 0 Å². The summed E-state index contributed by atoms with van der Waals surface area (Å²) in [6.07, 6.45) is 4.38. The molecule has 0 spiro atoms. The molecule has 26 heavy (non-hydrogen) atoms. The SMILES string of the molecule is C[C@H]1CCN1c1nc2c(c(-c3ccc(-c4noc(=O)[nH]4)cc3)n1)CCC2. The molecule has 2 aromatic heterocycles. The molecular weight excluding hydrogens is 330 g/mol. The van der Waals surface area contributed by atoms with Crippen LogP contribution in [-0.4, -0.2) is 32.7 Å². The highest BCUT2D eigenvalue weighted by atomic mass is 16.5. The summed E-state index contributed by atoms with van der Waals surface area (Å²) in [7, 11) is 0. The van der Waals surface area contributed by atoms with Crippen LogP contribution < -0.4 is 10.7 Å². The lowest BCUT2D eigenvalue weighted by molar-refractivity contribution is 0.388. The van der Waals surface area contributed by atoms with Crippen molar-refractivity contribution in [1.29, 1.82) is 0 Å². The first-order chi connectivity index (χ1) is 12.7. The highest BCUT2D eigenvalue weighted by Gasteiger charge is 2.29. The molecular formula is C19H19N5O2. The van der Waals surface area contributed by atoms with Crippen molar-refractivity contribution in [2.75, 3.05) is 11.4 Å². The second kappa shape index (κ2) is 5.79. The van der Waals surface area contributed by atoms with E-state index in [1.54, 1.807) is 0 Å². The Bertz CT molecular complexity index is 1020. The maximum absolute atomic E-state index is 11.1. The number of aromatic nitrogens is 4. The number of nitrogens with one attached hydrogen (secondary N) is 1. The molecule has 0 radical (unpaired) electrons. The molecule has 1 aliphatic carbocycles. The van der Waals surface area contributed by atoms with Crippen molar-refractivity contribution in [3.05, 3.63) is 46.1 Å². The first-order valence-corrected chi connectivity index (χ1v) is 9.02. The minimum absolute atomic E-state index is 0.435. The predicted octanol–water partition coefficient (Wildman–Crippen LogP) is 2.57. The average molecular weight is 349 g/mol. The molecule has 1 fully saturated rings. The number of hydrogen-bond acceptors (Lipinski definition) is 6. The van der Waals surface area contributed by atoms with E-state index in [0.29, 0.717) is 11.9 Å². The summed E-state index contributed by atoms with van der Waals surface area (Å²) < 4.78 is 4.58. The van der Waals surface area contributed by atoms with Gasteiger partial charge in [-0.15, -0.1) is 0 Å². The Labute approximate surface area is 150 Å². The summed E-state index contributed by atoms with van der Waals surface area (Å²) >= 11 is 0. The van der Waals surface area contributed by atoms with Gasteiger partial charge in [0.05, 0.1) is 5.69 Å². The molecule has 5 rings (SSSR count). The van der Waals surface area contributed by atoms with E-state index in [1.165, 1.54) is 17.7 Å². The Morgan fingerprint density at radius 1 is 1.15 bits per heavy atom. The van der Waals surface area contributed by atoms with Gasteiger partial charge in [0.2, 0.25) is 5.95 Å². The maximum atomic E-state index is 11.1. The first-order valence-electron chi connectivity index (χ1n) is 9.02. The monoisotopic (exact) mass is 349 g/mol. The van der Waals surface area contributed by atoms with Gasteiger partial charge in [-0.25, -0.2) is 14.8 Å². The molecule has 2 aliphatic rings. The Morgan fingerprint density at radius 3 is 2.62 bits per heavy atom. The number of benzene rings is 1. The summed E-state index contributed by atoms with van der Waals surface area (Å²) in [4.78, 5) is 25.7. The van der Waals surface area contributed by atoms with E-state index in [0.717, 1.165) is 48.6 Å². The molecule has 1 N–H and O–H groups in total. The molecule has 0 amide bonds. The van der Waals surface area contributed by atoms with E-state index in [1.807, 2.05) is 24.3 Å². The van der Waals surface area contributed by atoms with Gasteiger partial charge in [0, 0.05) is 35.0 Å². The zero-order valence-electron chi connectivity index (χ0n) is 14.5. The first kappa shape index (κ1) is 15.3. The standard InChI is InChI=1S/C19H19N5O2/c1-11-9-10-24(11)18-20-15-4-2-3-14(15)16(21-18)12-5-7-13(8-6-12)17-22-19(25)26-23-17/h5-8,11H,2-4,9-10H2,1H3,(H,22,23,25)/t11-/m0/s1. The minimum Gasteiger partial charge on any atom is -0.338 e. The number of anilines is 1. The van der Waals surface area contributed by atoms with E-state index in [9.17, 15) is 4.79 Å². The molecule has 0 unspecified atom stereocenters. The zero-order chi connectivity index (χ0) is 17.7. The maximum Gasteiger partial charge on any atom is 0.439 e. The molecule has 7 heteroatoms. The van der Waals surface area contributed by atoms with Crippen LogP contribution in [0.15, 0.2) is 33.6 Å². The van der Waals surface area contributed by atoms with Crippen LogP contribution in [0, 0.1) is 0 Å². The van der Waals surface area contributed by atoms with E-state index in [4.69, 9.17) is 9.97 Å². The summed E-state index contributed by atoms with van der Waals surface area (Å²) in [6.45, 7) is 3.24. The van der Waals surface area contributed by atoms with Gasteiger partial charge >= 0.3 is 5.76 Å². The number of aryl methyl sites for hydroxylation is 1. The van der Waals surface area contributed by atoms with E-state index < -0.39 is 5.76 Å². The average Bonchev–Trinajstić information content (AvgIpc) is 3.29. The van der Waals surface area contributed by atoms with Gasteiger partial charge in [0.25, 0.3) is 0 Å². The molecule has 1 aromatic carbocycles. The third-order valence-corrected chi connectivity index (χ3v) is 5.37. The largest absolute Gasteiger partial charge is 0.439 e. The molecule has 3 aromatic rings. The lowest BCUT2D eigenvalue weighted by Gasteiger charge is -2.39. The summed E-state index contributed by atoms with van der Waals surface area (Å²) in [6, 6.07) is 8.41. The van der Waals surface area contributed by atoms with Gasteiger partial charge in [0.1, 0.15) is 0 Å². The lowest BCUT2D eigenvalue weighted by Crippen LogP contribution is -2.46. The summed E-state index contributed by atoms with van der Waals surface area (Å²) in [5, 5.41) is 3.74. The fourth-order valence-corrected chi connectivity index (χ4v) is 3.74. The topological polar surface area (TPSA) is 87.9 Å². The lowest BCUT2D eigenvalue weighted by atomic mass is 10.0. The second-order valence-electron chi connectivity index (χ2n) is 7.00. The van der Waals surface area contributed by atoms with Crippen molar-refractivity contribution < 1.29 is 4.52 Å². The summed E-state index contributed by atoms with van der Waals surface area (Å²) in [5.41, 5.74) is 5.36. The van der Waals surface area contributed by atoms with Crippen LogP contribution in [0.25, 0.3) is 22.6 Å².